The maximum Gasteiger partial charge on any atom is 0.417 e. The highest BCUT2D eigenvalue weighted by atomic mass is 32.2. The fourth-order valence-electron chi connectivity index (χ4n) is 4.99. The van der Waals surface area contributed by atoms with Crippen LogP contribution < -0.4 is 5.32 Å². The molecule has 1 amide bonds. The summed E-state index contributed by atoms with van der Waals surface area (Å²) in [7, 11) is -3.44. The summed E-state index contributed by atoms with van der Waals surface area (Å²) in [6, 6.07) is 9.88. The first-order chi connectivity index (χ1) is 18.4. The lowest BCUT2D eigenvalue weighted by atomic mass is 9.95. The lowest BCUT2D eigenvalue weighted by molar-refractivity contribution is -0.139. The van der Waals surface area contributed by atoms with Gasteiger partial charge in [0.2, 0.25) is 0 Å². The highest BCUT2D eigenvalue weighted by molar-refractivity contribution is 7.90. The van der Waals surface area contributed by atoms with Crippen LogP contribution in [0.1, 0.15) is 71.5 Å². The van der Waals surface area contributed by atoms with Gasteiger partial charge in [-0.05, 0) is 35.7 Å². The van der Waals surface area contributed by atoms with Gasteiger partial charge in [0.1, 0.15) is 11.5 Å². The number of sulfone groups is 1. The van der Waals surface area contributed by atoms with E-state index in [2.05, 4.69) is 10.3 Å². The first kappa shape index (κ1) is 29.8. The van der Waals surface area contributed by atoms with E-state index in [9.17, 15) is 36.6 Å². The summed E-state index contributed by atoms with van der Waals surface area (Å²) < 4.78 is 67.2. The van der Waals surface area contributed by atoms with Gasteiger partial charge >= 0.3 is 6.18 Å². The number of aliphatic hydroxyl groups is 2. The zero-order chi connectivity index (χ0) is 29.8. The van der Waals surface area contributed by atoms with Gasteiger partial charge in [-0.15, -0.1) is 0 Å². The van der Waals surface area contributed by atoms with Crippen molar-refractivity contribution in [1.29, 1.82) is 0 Å². The fraction of sp³-hybridized carbons (Fsp3) is 0.429. The average molecular weight is 580 g/mol. The minimum absolute atomic E-state index is 0.00280. The van der Waals surface area contributed by atoms with Crippen LogP contribution in [-0.2, 0) is 40.1 Å². The molecule has 12 heteroatoms. The number of carbonyl (C=O) groups is 1. The third-order valence-corrected chi connectivity index (χ3v) is 8.31. The zero-order valence-corrected chi connectivity index (χ0v) is 23.6. The summed E-state index contributed by atoms with van der Waals surface area (Å²) >= 11 is 0. The average Bonchev–Trinajstić information content (AvgIpc) is 3.37. The topological polar surface area (TPSA) is 122 Å². The molecule has 1 aromatic heterocycles. The van der Waals surface area contributed by atoms with Crippen molar-refractivity contribution in [1.82, 2.24) is 14.9 Å². The summed E-state index contributed by atoms with van der Waals surface area (Å²) in [5, 5.41) is 22.9. The van der Waals surface area contributed by atoms with E-state index in [4.69, 9.17) is 0 Å². The summed E-state index contributed by atoms with van der Waals surface area (Å²) in [6.07, 6.45) is -4.34. The number of nitrogens with one attached hydrogen (secondary N) is 1. The minimum atomic E-state index is -4.70. The van der Waals surface area contributed by atoms with E-state index in [-0.39, 0.29) is 34.7 Å². The van der Waals surface area contributed by atoms with Gasteiger partial charge < -0.3 is 20.1 Å². The number of nitrogens with zero attached hydrogens (tertiary/aromatic N) is 2. The Kier molecular flexibility index (Phi) is 7.44. The Morgan fingerprint density at radius 1 is 1.12 bits per heavy atom. The molecule has 2 atom stereocenters. The first-order valence-corrected chi connectivity index (χ1v) is 14.5. The van der Waals surface area contributed by atoms with E-state index in [0.29, 0.717) is 17.1 Å². The summed E-state index contributed by atoms with van der Waals surface area (Å²) in [4.78, 5) is 18.2. The molecule has 0 aliphatic heterocycles. The molecule has 216 valence electrons. The van der Waals surface area contributed by atoms with Crippen molar-refractivity contribution in [2.24, 2.45) is 0 Å². The van der Waals surface area contributed by atoms with Crippen molar-refractivity contribution in [2.75, 3.05) is 6.26 Å². The SMILES string of the molecule is Cc1c(C(=O)NC2(c3ccc(S(C)(=O)=O)cc3)CC2O)nc(C(C)(C)C)n1Cc1cccc(CO)c1C(F)(F)F. The highest BCUT2D eigenvalue weighted by Crippen LogP contribution is 2.46. The molecule has 3 N–H and O–H groups in total. The molecular weight excluding hydrogens is 547 g/mol. The van der Waals surface area contributed by atoms with Crippen molar-refractivity contribution in [3.8, 4) is 0 Å². The van der Waals surface area contributed by atoms with Crippen LogP contribution in [-0.4, -0.2) is 46.4 Å². The molecule has 2 unspecified atom stereocenters. The molecule has 1 fully saturated rings. The largest absolute Gasteiger partial charge is 0.417 e. The molecular formula is C28H32F3N3O5S. The molecule has 8 nitrogen and oxygen atoms in total. The minimum Gasteiger partial charge on any atom is -0.392 e. The number of aliphatic hydroxyl groups excluding tert-OH is 2. The lowest BCUT2D eigenvalue weighted by Gasteiger charge is -2.23. The zero-order valence-electron chi connectivity index (χ0n) is 22.8. The van der Waals surface area contributed by atoms with Gasteiger partial charge in [-0.1, -0.05) is 51.1 Å². The summed E-state index contributed by atoms with van der Waals surface area (Å²) in [5.74, 6) is -0.230. The maximum absolute atomic E-state index is 14.0. The molecule has 0 radical (unpaired) electrons. The number of alkyl halides is 3. The van der Waals surface area contributed by atoms with Crippen LogP contribution >= 0.6 is 0 Å². The van der Waals surface area contributed by atoms with Gasteiger partial charge in [0.15, 0.2) is 9.84 Å². The molecule has 1 saturated carbocycles. The molecule has 1 aliphatic rings. The van der Waals surface area contributed by atoms with E-state index in [1.54, 1.807) is 11.5 Å². The fourth-order valence-corrected chi connectivity index (χ4v) is 5.62. The standard InChI is InChI=1S/C28H32F3N3O5S/c1-16-23(24(37)33-27(13-21(27)36)19-9-11-20(12-10-19)40(5,38)39)32-25(26(2,3)4)34(16)14-17-7-6-8-18(15-35)22(17)28(29,30)31/h6-12,21,35-36H,13-15H2,1-5H3,(H,33,37). The predicted molar refractivity (Wildman–Crippen MR) is 141 cm³/mol. The van der Waals surface area contributed by atoms with Crippen LogP contribution in [0.15, 0.2) is 47.4 Å². The van der Waals surface area contributed by atoms with E-state index in [1.807, 2.05) is 20.8 Å². The lowest BCUT2D eigenvalue weighted by Crippen LogP contribution is -2.38. The molecule has 2 aromatic carbocycles. The van der Waals surface area contributed by atoms with Crippen LogP contribution in [0, 0.1) is 6.92 Å². The number of carbonyl (C=O) groups excluding carboxylic acids is 1. The van der Waals surface area contributed by atoms with E-state index in [1.165, 1.54) is 42.5 Å². The molecule has 1 heterocycles. The Bertz CT molecular complexity index is 1560. The molecule has 40 heavy (non-hydrogen) atoms. The number of amides is 1. The quantitative estimate of drug-likeness (QED) is 0.391. The normalized spacial score (nSPS) is 19.5. The Hall–Kier alpha value is -3.22. The van der Waals surface area contributed by atoms with Crippen molar-refractivity contribution in [2.45, 2.75) is 75.4 Å². The van der Waals surface area contributed by atoms with Crippen molar-refractivity contribution in [3.63, 3.8) is 0 Å². The van der Waals surface area contributed by atoms with Gasteiger partial charge in [-0.2, -0.15) is 13.2 Å². The number of imidazole rings is 1. The van der Waals surface area contributed by atoms with E-state index < -0.39 is 51.1 Å². The number of benzene rings is 2. The molecule has 3 aromatic rings. The smallest absolute Gasteiger partial charge is 0.392 e. The third-order valence-electron chi connectivity index (χ3n) is 7.18. The second kappa shape index (κ2) is 10.0. The first-order valence-electron chi connectivity index (χ1n) is 12.6. The second-order valence-corrected chi connectivity index (χ2v) is 13.3. The third kappa shape index (κ3) is 5.52. The van der Waals surface area contributed by atoms with Gasteiger partial charge in [0, 0.05) is 30.3 Å². The Morgan fingerprint density at radius 2 is 1.70 bits per heavy atom. The van der Waals surface area contributed by atoms with E-state index >= 15 is 0 Å². The van der Waals surface area contributed by atoms with Crippen LogP contribution in [0.3, 0.4) is 0 Å². The van der Waals surface area contributed by atoms with E-state index in [0.717, 1.165) is 6.26 Å². The molecule has 1 aliphatic carbocycles. The van der Waals surface area contributed by atoms with Crippen LogP contribution in [0.4, 0.5) is 13.2 Å². The summed E-state index contributed by atoms with van der Waals surface area (Å²) in [6.45, 7) is 6.08. The Morgan fingerprint density at radius 3 is 2.17 bits per heavy atom. The molecule has 0 saturated heterocycles. The van der Waals surface area contributed by atoms with Crippen LogP contribution in [0.5, 0.6) is 0 Å². The van der Waals surface area contributed by atoms with Crippen LogP contribution in [0.2, 0.25) is 0 Å². The monoisotopic (exact) mass is 579 g/mol. The number of halogens is 3. The number of hydrogen-bond acceptors (Lipinski definition) is 6. The molecule has 4 rings (SSSR count). The number of hydrogen-bond donors (Lipinski definition) is 3. The molecule has 0 bridgehead atoms. The van der Waals surface area contributed by atoms with Crippen molar-refractivity contribution < 1.29 is 36.6 Å². The number of aromatic nitrogens is 2. The summed E-state index contributed by atoms with van der Waals surface area (Å²) in [5.41, 5.74) is -2.18. The van der Waals surface area contributed by atoms with Gasteiger partial charge in [0.25, 0.3) is 5.91 Å². The van der Waals surface area contributed by atoms with Crippen molar-refractivity contribution in [3.05, 3.63) is 81.9 Å². The second-order valence-electron chi connectivity index (χ2n) is 11.3. The number of rotatable bonds is 7. The maximum atomic E-state index is 14.0. The Balaban J connectivity index is 1.73. The van der Waals surface area contributed by atoms with Crippen molar-refractivity contribution >= 4 is 15.7 Å². The van der Waals surface area contributed by atoms with Gasteiger partial charge in [-0.3, -0.25) is 4.79 Å². The van der Waals surface area contributed by atoms with Gasteiger partial charge in [-0.25, -0.2) is 13.4 Å². The Labute approximate surface area is 230 Å². The highest BCUT2D eigenvalue weighted by Gasteiger charge is 2.56. The van der Waals surface area contributed by atoms with Gasteiger partial charge in [0.05, 0.1) is 28.7 Å². The molecule has 0 spiro atoms. The van der Waals surface area contributed by atoms with Crippen LogP contribution in [0.25, 0.3) is 0 Å². The predicted octanol–water partition coefficient (Wildman–Crippen LogP) is 3.84.